The summed E-state index contributed by atoms with van der Waals surface area (Å²) < 4.78 is 65.4. The van der Waals surface area contributed by atoms with Crippen molar-refractivity contribution >= 4 is 21.6 Å². The number of rotatable bonds is 8. The van der Waals surface area contributed by atoms with E-state index in [0.717, 1.165) is 0 Å². The van der Waals surface area contributed by atoms with Crippen LogP contribution in [0.15, 0.2) is 0 Å². The van der Waals surface area contributed by atoms with E-state index in [0.29, 0.717) is 4.31 Å². The molecule has 9 heteroatoms. The van der Waals surface area contributed by atoms with Gasteiger partial charge in [0.15, 0.2) is 0 Å². The van der Waals surface area contributed by atoms with Crippen molar-refractivity contribution in [1.29, 1.82) is 0 Å². The van der Waals surface area contributed by atoms with Crippen LogP contribution in [0.4, 0.5) is 13.2 Å². The SMILES string of the molecule is CC(C)OCCS(=O)(=O)N(CCCl)CC(F)(F)F. The quantitative estimate of drug-likeness (QED) is 0.643. The molecule has 0 aliphatic rings. The molecule has 0 heterocycles. The Balaban J connectivity index is 4.56. The lowest BCUT2D eigenvalue weighted by molar-refractivity contribution is -0.135. The molecule has 0 aliphatic heterocycles. The van der Waals surface area contributed by atoms with Crippen LogP contribution in [0.1, 0.15) is 13.8 Å². The van der Waals surface area contributed by atoms with E-state index in [-0.39, 0.29) is 25.1 Å². The highest BCUT2D eigenvalue weighted by Gasteiger charge is 2.35. The lowest BCUT2D eigenvalue weighted by Gasteiger charge is -2.22. The Bertz CT molecular complexity index is 332. The van der Waals surface area contributed by atoms with Gasteiger partial charge in [-0.15, -0.1) is 11.6 Å². The number of alkyl halides is 4. The van der Waals surface area contributed by atoms with Crippen LogP contribution in [0.3, 0.4) is 0 Å². The Hall–Kier alpha value is -0.0500. The summed E-state index contributed by atoms with van der Waals surface area (Å²) in [4.78, 5) is 0. The largest absolute Gasteiger partial charge is 0.402 e. The number of ether oxygens (including phenoxy) is 1. The third-order valence-electron chi connectivity index (χ3n) is 1.88. The van der Waals surface area contributed by atoms with Gasteiger partial charge in [-0.2, -0.15) is 17.5 Å². The molecule has 0 atom stereocenters. The van der Waals surface area contributed by atoms with Crippen molar-refractivity contribution in [3.8, 4) is 0 Å². The number of hydrogen-bond donors (Lipinski definition) is 0. The van der Waals surface area contributed by atoms with E-state index < -0.39 is 28.5 Å². The molecule has 0 radical (unpaired) electrons. The molecule has 0 aromatic rings. The van der Waals surface area contributed by atoms with Gasteiger partial charge in [0, 0.05) is 12.4 Å². The van der Waals surface area contributed by atoms with E-state index >= 15 is 0 Å². The average Bonchev–Trinajstić information content (AvgIpc) is 2.14. The summed E-state index contributed by atoms with van der Waals surface area (Å²) >= 11 is 5.31. The monoisotopic (exact) mass is 311 g/mol. The second-order valence-electron chi connectivity index (χ2n) is 3.87. The Morgan fingerprint density at radius 2 is 1.89 bits per heavy atom. The zero-order valence-electron chi connectivity index (χ0n) is 10.2. The van der Waals surface area contributed by atoms with Gasteiger partial charge in [0.1, 0.15) is 6.54 Å². The fraction of sp³-hybridized carbons (Fsp3) is 1.00. The van der Waals surface area contributed by atoms with E-state index in [1.165, 1.54) is 0 Å². The minimum Gasteiger partial charge on any atom is -0.378 e. The molecule has 0 spiro atoms. The summed E-state index contributed by atoms with van der Waals surface area (Å²) in [6.45, 7) is 1.38. The normalized spacial score (nSPS) is 13.6. The first-order valence-corrected chi connectivity index (χ1v) is 7.45. The van der Waals surface area contributed by atoms with Gasteiger partial charge in [0.25, 0.3) is 0 Å². The second-order valence-corrected chi connectivity index (χ2v) is 6.34. The minimum absolute atomic E-state index is 0.142. The molecule has 0 N–H and O–H groups in total. The summed E-state index contributed by atoms with van der Waals surface area (Å²) in [7, 11) is -4.01. The molecule has 0 aromatic heterocycles. The molecule has 110 valence electrons. The molecule has 0 saturated heterocycles. The smallest absolute Gasteiger partial charge is 0.378 e. The highest BCUT2D eigenvalue weighted by molar-refractivity contribution is 7.89. The molecular weight excluding hydrogens is 295 g/mol. The van der Waals surface area contributed by atoms with Crippen LogP contribution in [0, 0.1) is 0 Å². The number of hydrogen-bond acceptors (Lipinski definition) is 3. The molecule has 0 aromatic carbocycles. The van der Waals surface area contributed by atoms with Gasteiger partial charge in [-0.05, 0) is 13.8 Å². The van der Waals surface area contributed by atoms with E-state index in [1.54, 1.807) is 13.8 Å². The lowest BCUT2D eigenvalue weighted by atomic mass is 10.5. The fourth-order valence-electron chi connectivity index (χ4n) is 1.13. The fourth-order valence-corrected chi connectivity index (χ4v) is 2.71. The molecule has 0 rings (SSSR count). The Morgan fingerprint density at radius 1 is 1.33 bits per heavy atom. The Morgan fingerprint density at radius 3 is 2.28 bits per heavy atom. The molecule has 0 aliphatic carbocycles. The molecule has 0 bridgehead atoms. The predicted octanol–water partition coefficient (Wildman–Crippen LogP) is 1.84. The van der Waals surface area contributed by atoms with E-state index in [9.17, 15) is 21.6 Å². The number of sulfonamides is 1. The summed E-state index contributed by atoms with van der Waals surface area (Å²) in [5.41, 5.74) is 0. The standard InChI is InChI=1S/C9H17ClF3NO3S/c1-8(2)17-5-6-18(15,16)14(4-3-10)7-9(11,12)13/h8H,3-7H2,1-2H3. The van der Waals surface area contributed by atoms with Gasteiger partial charge in [-0.25, -0.2) is 8.42 Å². The summed E-state index contributed by atoms with van der Waals surface area (Å²) in [5, 5.41) is 0. The number of halogens is 4. The molecule has 4 nitrogen and oxygen atoms in total. The van der Waals surface area contributed by atoms with Gasteiger partial charge in [-0.3, -0.25) is 0 Å². The molecular formula is C9H17ClF3NO3S. The van der Waals surface area contributed by atoms with Gasteiger partial charge in [0.2, 0.25) is 10.0 Å². The van der Waals surface area contributed by atoms with Crippen LogP contribution in [0.2, 0.25) is 0 Å². The highest BCUT2D eigenvalue weighted by atomic mass is 35.5. The highest BCUT2D eigenvalue weighted by Crippen LogP contribution is 2.18. The minimum atomic E-state index is -4.59. The van der Waals surface area contributed by atoms with E-state index in [4.69, 9.17) is 16.3 Å². The van der Waals surface area contributed by atoms with E-state index in [1.807, 2.05) is 0 Å². The second kappa shape index (κ2) is 7.52. The van der Waals surface area contributed by atoms with Gasteiger partial charge < -0.3 is 4.74 Å². The van der Waals surface area contributed by atoms with Crippen LogP contribution in [0.5, 0.6) is 0 Å². The summed E-state index contributed by atoms with van der Waals surface area (Å²) in [5.74, 6) is -0.682. The summed E-state index contributed by atoms with van der Waals surface area (Å²) in [6, 6.07) is 0. The average molecular weight is 312 g/mol. The first-order chi connectivity index (χ1) is 8.08. The van der Waals surface area contributed by atoms with Gasteiger partial charge in [-0.1, -0.05) is 0 Å². The van der Waals surface area contributed by atoms with Crippen LogP contribution >= 0.6 is 11.6 Å². The third kappa shape index (κ3) is 8.12. The van der Waals surface area contributed by atoms with Gasteiger partial charge >= 0.3 is 6.18 Å². The van der Waals surface area contributed by atoms with Crippen molar-refractivity contribution in [2.45, 2.75) is 26.1 Å². The van der Waals surface area contributed by atoms with Crippen molar-refractivity contribution in [3.05, 3.63) is 0 Å². The molecule has 0 unspecified atom stereocenters. The number of nitrogens with zero attached hydrogens (tertiary/aromatic N) is 1. The first kappa shape index (κ1) is 17.9. The maximum atomic E-state index is 12.2. The zero-order valence-corrected chi connectivity index (χ0v) is 11.8. The van der Waals surface area contributed by atoms with Crippen molar-refractivity contribution in [3.63, 3.8) is 0 Å². The van der Waals surface area contributed by atoms with Crippen molar-refractivity contribution in [1.82, 2.24) is 4.31 Å². The lowest BCUT2D eigenvalue weighted by Crippen LogP contribution is -2.42. The predicted molar refractivity (Wildman–Crippen MR) is 63.2 cm³/mol. The Labute approximate surface area is 110 Å². The van der Waals surface area contributed by atoms with Crippen molar-refractivity contribution in [2.75, 3.05) is 31.3 Å². The van der Waals surface area contributed by atoms with E-state index in [2.05, 4.69) is 0 Å². The van der Waals surface area contributed by atoms with Crippen molar-refractivity contribution < 1.29 is 26.3 Å². The van der Waals surface area contributed by atoms with Crippen LogP contribution < -0.4 is 0 Å². The Kier molecular flexibility index (Phi) is 7.50. The molecule has 0 amide bonds. The topological polar surface area (TPSA) is 46.6 Å². The summed E-state index contributed by atoms with van der Waals surface area (Å²) in [6.07, 6.45) is -4.76. The maximum absolute atomic E-state index is 12.2. The van der Waals surface area contributed by atoms with Crippen LogP contribution in [-0.2, 0) is 14.8 Å². The van der Waals surface area contributed by atoms with Crippen LogP contribution in [0.25, 0.3) is 0 Å². The van der Waals surface area contributed by atoms with Crippen LogP contribution in [-0.4, -0.2) is 56.3 Å². The maximum Gasteiger partial charge on any atom is 0.402 e. The van der Waals surface area contributed by atoms with Gasteiger partial charge in [0.05, 0.1) is 18.5 Å². The molecule has 0 fully saturated rings. The molecule has 18 heavy (non-hydrogen) atoms. The van der Waals surface area contributed by atoms with Crippen molar-refractivity contribution in [2.24, 2.45) is 0 Å². The molecule has 0 saturated carbocycles. The third-order valence-corrected chi connectivity index (χ3v) is 3.83. The zero-order chi connectivity index (χ0) is 14.4. The first-order valence-electron chi connectivity index (χ1n) is 5.30.